The van der Waals surface area contributed by atoms with E-state index >= 15 is 0 Å². The number of ether oxygens (including phenoxy) is 1. The summed E-state index contributed by atoms with van der Waals surface area (Å²) >= 11 is 0. The molecule has 3 atom stereocenters. The third-order valence-corrected chi connectivity index (χ3v) is 16.4. The van der Waals surface area contributed by atoms with Crippen molar-refractivity contribution in [2.45, 2.75) is 341 Å². The number of nitrogens with zero attached hydrogens (tertiary/aromatic N) is 1. The second-order valence-corrected chi connectivity index (χ2v) is 26.1. The summed E-state index contributed by atoms with van der Waals surface area (Å²) in [6.45, 7) is 6.84. The summed E-state index contributed by atoms with van der Waals surface area (Å²) in [5.74, 6) is -0.545. The number of allylic oxidation sites excluding steroid dienone is 9. The van der Waals surface area contributed by atoms with Crippen LogP contribution in [0.3, 0.4) is 0 Å². The number of hydrogen-bond donors (Lipinski definition) is 1. The summed E-state index contributed by atoms with van der Waals surface area (Å²) in [4.78, 5) is 40.1. The van der Waals surface area contributed by atoms with E-state index in [0.717, 1.165) is 96.3 Å². The van der Waals surface area contributed by atoms with E-state index < -0.39 is 26.6 Å². The van der Waals surface area contributed by atoms with Crippen LogP contribution >= 0.6 is 7.82 Å². The van der Waals surface area contributed by atoms with Crippen molar-refractivity contribution < 1.29 is 37.3 Å². The van der Waals surface area contributed by atoms with Gasteiger partial charge in [0.15, 0.2) is 0 Å². The summed E-state index contributed by atoms with van der Waals surface area (Å²) in [5.41, 5.74) is 0. The van der Waals surface area contributed by atoms with E-state index in [1.165, 1.54) is 199 Å². The first-order valence-corrected chi connectivity index (χ1v) is 36.1. The Kier molecular flexibility index (Phi) is 59.1. The summed E-state index contributed by atoms with van der Waals surface area (Å²) in [6, 6.07) is -0.896. The number of likely N-dealkylation sites (N-methyl/N-ethyl adjacent to an activating group) is 1. The van der Waals surface area contributed by atoms with Crippen LogP contribution in [0.1, 0.15) is 329 Å². The lowest BCUT2D eigenvalue weighted by molar-refractivity contribution is -0.870. The molecule has 0 aliphatic rings. The number of unbranched alkanes of at least 4 members (excludes halogenated alkanes) is 39. The molecule has 0 aromatic rings. The molecule has 0 fully saturated rings. The minimum Gasteiger partial charge on any atom is -0.756 e. The third kappa shape index (κ3) is 62.1. The lowest BCUT2D eigenvalue weighted by atomic mass is 10.0. The molecule has 9 nitrogen and oxygen atoms in total. The first-order valence-electron chi connectivity index (χ1n) is 34.6. The van der Waals surface area contributed by atoms with Crippen LogP contribution in [0.5, 0.6) is 0 Å². The smallest absolute Gasteiger partial charge is 0.306 e. The maximum Gasteiger partial charge on any atom is 0.306 e. The van der Waals surface area contributed by atoms with Crippen LogP contribution in [0.25, 0.3) is 0 Å². The SMILES string of the molecule is CCCCC/C=C\C/C=C\C/C=C\CCCCCCCCC(=O)NC(COP(=O)([O-])OCC[N+](C)(C)C)C(/C=C/CCCCCCCCCCCCC)OC(=O)CCCCCCCCCCCCCCC/C=C/CCCCCCCC. The molecule has 0 radical (unpaired) electrons. The largest absolute Gasteiger partial charge is 0.756 e. The molecule has 0 aromatic carbocycles. The maximum absolute atomic E-state index is 13.6. The van der Waals surface area contributed by atoms with Crippen LogP contribution in [0.4, 0.5) is 0 Å². The maximum atomic E-state index is 13.6. The Morgan fingerprint density at radius 3 is 1.16 bits per heavy atom. The molecule has 0 rings (SSSR count). The summed E-state index contributed by atoms with van der Waals surface area (Å²) < 4.78 is 30.4. The second-order valence-electron chi connectivity index (χ2n) is 24.7. The molecule has 0 aliphatic carbocycles. The monoisotopic (exact) mass is 1160 g/mol. The van der Waals surface area contributed by atoms with Gasteiger partial charge in [0.05, 0.1) is 33.8 Å². The number of phosphoric acid groups is 1. The molecular weight excluding hydrogens is 1020 g/mol. The predicted octanol–water partition coefficient (Wildman–Crippen LogP) is 21.2. The summed E-state index contributed by atoms with van der Waals surface area (Å²) in [7, 11) is 1.18. The lowest BCUT2D eigenvalue weighted by Crippen LogP contribution is -2.47. The zero-order chi connectivity index (χ0) is 59.3. The Hall–Kier alpha value is -2.29. The Morgan fingerprint density at radius 2 is 0.753 bits per heavy atom. The number of amides is 1. The Labute approximate surface area is 502 Å². The highest BCUT2D eigenvalue weighted by Gasteiger charge is 2.27. The molecule has 0 spiro atoms. The normalized spacial score (nSPS) is 13.9. The first kappa shape index (κ1) is 78.7. The van der Waals surface area contributed by atoms with Gasteiger partial charge in [-0.25, -0.2) is 0 Å². The van der Waals surface area contributed by atoms with E-state index in [1.807, 2.05) is 33.3 Å². The topological polar surface area (TPSA) is 114 Å². The summed E-state index contributed by atoms with van der Waals surface area (Å²) in [5, 5.41) is 3.04. The van der Waals surface area contributed by atoms with E-state index in [1.54, 1.807) is 0 Å². The van der Waals surface area contributed by atoms with Gasteiger partial charge in [-0.3, -0.25) is 14.2 Å². The van der Waals surface area contributed by atoms with Gasteiger partial charge in [-0.1, -0.05) is 281 Å². The number of hydrogen-bond acceptors (Lipinski definition) is 7. The van der Waals surface area contributed by atoms with Crippen LogP contribution in [-0.4, -0.2) is 69.4 Å². The van der Waals surface area contributed by atoms with E-state index in [4.69, 9.17) is 13.8 Å². The number of rotatable bonds is 63. The summed E-state index contributed by atoms with van der Waals surface area (Å²) in [6.07, 6.45) is 77.6. The molecule has 0 saturated heterocycles. The molecule has 3 unspecified atom stereocenters. The van der Waals surface area contributed by atoms with Gasteiger partial charge in [-0.15, -0.1) is 0 Å². The van der Waals surface area contributed by atoms with Gasteiger partial charge < -0.3 is 28.5 Å². The number of carbonyl (C=O) groups excluding carboxylic acids is 2. The molecule has 1 N–H and O–H groups in total. The molecular formula is C71H133N2O7P. The number of phosphoric ester groups is 1. The van der Waals surface area contributed by atoms with E-state index in [9.17, 15) is 19.0 Å². The van der Waals surface area contributed by atoms with Crippen molar-refractivity contribution in [1.82, 2.24) is 5.32 Å². The zero-order valence-electron chi connectivity index (χ0n) is 54.2. The molecule has 0 aliphatic heterocycles. The van der Waals surface area contributed by atoms with Crippen molar-refractivity contribution in [3.05, 3.63) is 60.8 Å². The van der Waals surface area contributed by atoms with Gasteiger partial charge in [0.25, 0.3) is 7.82 Å². The van der Waals surface area contributed by atoms with Crippen molar-refractivity contribution in [2.24, 2.45) is 0 Å². The minimum absolute atomic E-state index is 0.0253. The highest BCUT2D eigenvalue weighted by molar-refractivity contribution is 7.45. The quantitative estimate of drug-likeness (QED) is 0.0212. The third-order valence-electron chi connectivity index (χ3n) is 15.4. The molecule has 0 saturated carbocycles. The van der Waals surface area contributed by atoms with Gasteiger partial charge in [0.1, 0.15) is 19.3 Å². The zero-order valence-corrected chi connectivity index (χ0v) is 55.1. The van der Waals surface area contributed by atoms with Crippen molar-refractivity contribution in [2.75, 3.05) is 40.9 Å². The molecule has 10 heteroatoms. The van der Waals surface area contributed by atoms with Crippen LogP contribution in [0.15, 0.2) is 60.8 Å². The number of nitrogens with one attached hydrogen (secondary N) is 1. The van der Waals surface area contributed by atoms with Crippen molar-refractivity contribution in [3.63, 3.8) is 0 Å². The molecule has 81 heavy (non-hydrogen) atoms. The average Bonchev–Trinajstić information content (AvgIpc) is 3.44. The highest BCUT2D eigenvalue weighted by Crippen LogP contribution is 2.38. The van der Waals surface area contributed by atoms with Crippen molar-refractivity contribution >= 4 is 19.7 Å². The van der Waals surface area contributed by atoms with E-state index in [0.29, 0.717) is 17.4 Å². The van der Waals surface area contributed by atoms with Crippen LogP contribution in [0.2, 0.25) is 0 Å². The lowest BCUT2D eigenvalue weighted by Gasteiger charge is -2.30. The minimum atomic E-state index is -4.71. The Morgan fingerprint density at radius 1 is 0.432 bits per heavy atom. The number of esters is 1. The fourth-order valence-electron chi connectivity index (χ4n) is 10.1. The number of carbonyl (C=O) groups is 2. The van der Waals surface area contributed by atoms with E-state index in [-0.39, 0.29) is 24.9 Å². The molecule has 0 bridgehead atoms. The molecule has 0 heterocycles. The van der Waals surface area contributed by atoms with Crippen LogP contribution in [0, 0.1) is 0 Å². The Bertz CT molecular complexity index is 1570. The molecule has 1 amide bonds. The van der Waals surface area contributed by atoms with Gasteiger partial charge in [-0.2, -0.15) is 0 Å². The molecule has 474 valence electrons. The van der Waals surface area contributed by atoms with Gasteiger partial charge in [0, 0.05) is 12.8 Å². The van der Waals surface area contributed by atoms with Crippen LogP contribution in [-0.2, 0) is 27.9 Å². The van der Waals surface area contributed by atoms with Crippen molar-refractivity contribution in [3.8, 4) is 0 Å². The average molecular weight is 1160 g/mol. The Balaban J connectivity index is 5.16. The van der Waals surface area contributed by atoms with Gasteiger partial charge in [-0.05, 0) is 96.0 Å². The van der Waals surface area contributed by atoms with Gasteiger partial charge in [0.2, 0.25) is 5.91 Å². The first-order chi connectivity index (χ1) is 39.4. The van der Waals surface area contributed by atoms with Crippen LogP contribution < -0.4 is 10.2 Å². The fourth-order valence-corrected chi connectivity index (χ4v) is 10.8. The van der Waals surface area contributed by atoms with Gasteiger partial charge >= 0.3 is 5.97 Å². The van der Waals surface area contributed by atoms with Crippen molar-refractivity contribution in [1.29, 1.82) is 0 Å². The second kappa shape index (κ2) is 60.8. The standard InChI is InChI=1S/C71H133N2O7P/c1-7-10-13-16-19-22-25-28-30-32-34-35-36-37-39-41-43-46-49-52-55-58-61-64-71(75)80-69(62-59-56-53-50-47-44-27-24-21-18-15-12-9-3)68(67-79-81(76,77)78-66-65-73(4,5)6)72-70(74)63-60-57-54-51-48-45-42-40-38-33-31-29-26-23-20-17-14-11-8-2/h20,23,28-31,38,40,59,62,68-69H,7-19,21-22,24-27,32-37,39,41-58,60-61,63-67H2,1-6H3,(H-,72,74,76,77)/b23-20-,30-28+,31-29-,40-38-,62-59+. The molecule has 0 aromatic heterocycles. The van der Waals surface area contributed by atoms with E-state index in [2.05, 4.69) is 74.7 Å². The fraction of sp³-hybridized carbons (Fsp3) is 0.831. The number of quaternary nitrogens is 1. The highest BCUT2D eigenvalue weighted by atomic mass is 31.2. The predicted molar refractivity (Wildman–Crippen MR) is 349 cm³/mol.